The normalized spacial score (nSPS) is 17.7. The molecule has 2 atom stereocenters. The predicted molar refractivity (Wildman–Crippen MR) is 113 cm³/mol. The van der Waals surface area contributed by atoms with Gasteiger partial charge in [-0.2, -0.15) is 0 Å². The summed E-state index contributed by atoms with van der Waals surface area (Å²) >= 11 is 0. The van der Waals surface area contributed by atoms with E-state index in [0.717, 1.165) is 38.2 Å². The molecule has 28 heavy (non-hydrogen) atoms. The molecule has 0 aliphatic carbocycles. The van der Waals surface area contributed by atoms with Crippen LogP contribution < -0.4 is 5.32 Å². The molecule has 2 rings (SSSR count). The van der Waals surface area contributed by atoms with Crippen LogP contribution in [0.3, 0.4) is 0 Å². The van der Waals surface area contributed by atoms with Crippen molar-refractivity contribution in [1.82, 2.24) is 20.0 Å². The van der Waals surface area contributed by atoms with E-state index in [9.17, 15) is 9.59 Å². The van der Waals surface area contributed by atoms with Crippen LogP contribution in [0.25, 0.3) is 0 Å². The van der Waals surface area contributed by atoms with Gasteiger partial charge in [-0.05, 0) is 32.8 Å². The summed E-state index contributed by atoms with van der Waals surface area (Å²) < 4.78 is 0. The van der Waals surface area contributed by atoms with Gasteiger partial charge in [-0.15, -0.1) is 0 Å². The number of amides is 2. The summed E-state index contributed by atoms with van der Waals surface area (Å²) in [6.45, 7) is 13.2. The monoisotopic (exact) mass is 388 g/mol. The van der Waals surface area contributed by atoms with Crippen LogP contribution in [-0.2, 0) is 9.59 Å². The predicted octanol–water partition coefficient (Wildman–Crippen LogP) is 2.13. The summed E-state index contributed by atoms with van der Waals surface area (Å²) in [7, 11) is 0. The second-order valence-corrected chi connectivity index (χ2v) is 7.51. The molecule has 0 saturated carbocycles. The zero-order chi connectivity index (χ0) is 20.5. The highest BCUT2D eigenvalue weighted by atomic mass is 16.2. The van der Waals surface area contributed by atoms with E-state index in [4.69, 9.17) is 0 Å². The molecule has 2 amide bonds. The minimum absolute atomic E-state index is 0.0848. The summed E-state index contributed by atoms with van der Waals surface area (Å²) in [5.74, 6) is 0.251. The first-order valence-electron chi connectivity index (χ1n) is 10.6. The number of rotatable bonds is 9. The topological polar surface area (TPSA) is 55.9 Å². The Morgan fingerprint density at radius 2 is 1.64 bits per heavy atom. The van der Waals surface area contributed by atoms with E-state index in [-0.39, 0.29) is 23.9 Å². The second kappa shape index (κ2) is 11.2. The van der Waals surface area contributed by atoms with Gasteiger partial charge in [0.1, 0.15) is 6.04 Å². The van der Waals surface area contributed by atoms with Crippen LogP contribution in [0.1, 0.15) is 45.7 Å². The van der Waals surface area contributed by atoms with Crippen LogP contribution >= 0.6 is 0 Å². The molecule has 1 aliphatic heterocycles. The fourth-order valence-corrected chi connectivity index (χ4v) is 3.66. The maximum absolute atomic E-state index is 13.2. The first-order valence-corrected chi connectivity index (χ1v) is 10.6. The number of piperazine rings is 1. The molecule has 6 nitrogen and oxygen atoms in total. The van der Waals surface area contributed by atoms with Crippen molar-refractivity contribution in [3.63, 3.8) is 0 Å². The average molecular weight is 389 g/mol. The molecule has 1 heterocycles. The van der Waals surface area contributed by atoms with Gasteiger partial charge in [0.2, 0.25) is 11.8 Å². The highest BCUT2D eigenvalue weighted by Crippen LogP contribution is 2.24. The molecule has 6 heteroatoms. The molecule has 0 radical (unpaired) electrons. The van der Waals surface area contributed by atoms with Gasteiger partial charge in [-0.3, -0.25) is 19.4 Å². The van der Waals surface area contributed by atoms with Crippen molar-refractivity contribution in [3.8, 4) is 0 Å². The molecule has 156 valence electrons. The molecule has 1 saturated heterocycles. The maximum Gasteiger partial charge on any atom is 0.244 e. The molecule has 0 bridgehead atoms. The Bertz CT molecular complexity index is 610. The fraction of sp³-hybridized carbons (Fsp3) is 0.636. The summed E-state index contributed by atoms with van der Waals surface area (Å²) in [5, 5.41) is 3.03. The Morgan fingerprint density at radius 3 is 2.18 bits per heavy atom. The van der Waals surface area contributed by atoms with Gasteiger partial charge in [-0.25, -0.2) is 0 Å². The second-order valence-electron chi connectivity index (χ2n) is 7.51. The molecule has 1 aliphatic rings. The lowest BCUT2D eigenvalue weighted by Gasteiger charge is -2.40. The molecule has 0 spiro atoms. The number of nitrogens with one attached hydrogen (secondary N) is 1. The number of nitrogens with zero attached hydrogens (tertiary/aromatic N) is 3. The maximum atomic E-state index is 13.2. The molecule has 2 unspecified atom stereocenters. The molecule has 1 N–H and O–H groups in total. The van der Waals surface area contributed by atoms with Crippen molar-refractivity contribution in [1.29, 1.82) is 0 Å². The lowest BCUT2D eigenvalue weighted by molar-refractivity contribution is -0.138. The average Bonchev–Trinajstić information content (AvgIpc) is 2.71. The third kappa shape index (κ3) is 6.04. The van der Waals surface area contributed by atoms with Gasteiger partial charge >= 0.3 is 0 Å². The molecular formula is C22H36N4O2. The molecular weight excluding hydrogens is 352 g/mol. The summed E-state index contributed by atoms with van der Waals surface area (Å²) in [5.41, 5.74) is 1.04. The van der Waals surface area contributed by atoms with Crippen LogP contribution in [0.5, 0.6) is 0 Å². The largest absolute Gasteiger partial charge is 0.353 e. The molecule has 1 aromatic carbocycles. The minimum Gasteiger partial charge on any atom is -0.353 e. The van der Waals surface area contributed by atoms with Gasteiger partial charge in [0.25, 0.3) is 0 Å². The Morgan fingerprint density at radius 1 is 1.04 bits per heavy atom. The van der Waals surface area contributed by atoms with E-state index in [2.05, 4.69) is 22.0 Å². The number of benzene rings is 1. The standard InChI is InChI=1S/C22H36N4O2/c1-5-18(4)23-20(27)17-24-13-15-26(16-14-24)21(19-11-9-8-10-12-19)22(28)25(6-2)7-3/h8-12,18,21H,5-7,13-17H2,1-4H3,(H,23,27). The summed E-state index contributed by atoms with van der Waals surface area (Å²) in [6, 6.07) is 10.0. The van der Waals surface area contributed by atoms with Gasteiger partial charge in [0, 0.05) is 45.3 Å². The molecule has 1 aromatic rings. The number of hydrogen-bond acceptors (Lipinski definition) is 4. The van der Waals surface area contributed by atoms with E-state index in [1.807, 2.05) is 56.0 Å². The van der Waals surface area contributed by atoms with Crippen molar-refractivity contribution in [2.75, 3.05) is 45.8 Å². The van der Waals surface area contributed by atoms with Crippen LogP contribution in [0.15, 0.2) is 30.3 Å². The van der Waals surface area contributed by atoms with Crippen LogP contribution in [-0.4, -0.2) is 78.4 Å². The number of carbonyl (C=O) groups is 2. The van der Waals surface area contributed by atoms with E-state index >= 15 is 0 Å². The third-order valence-electron chi connectivity index (χ3n) is 5.58. The lowest BCUT2D eigenvalue weighted by Crippen LogP contribution is -2.53. The zero-order valence-electron chi connectivity index (χ0n) is 17.9. The van der Waals surface area contributed by atoms with Crippen LogP contribution in [0.2, 0.25) is 0 Å². The van der Waals surface area contributed by atoms with Gasteiger partial charge in [-0.1, -0.05) is 37.3 Å². The molecule has 1 fully saturated rings. The summed E-state index contributed by atoms with van der Waals surface area (Å²) in [4.78, 5) is 31.7. The fourth-order valence-electron chi connectivity index (χ4n) is 3.66. The highest BCUT2D eigenvalue weighted by molar-refractivity contribution is 5.83. The Labute approximate surface area is 169 Å². The smallest absolute Gasteiger partial charge is 0.244 e. The van der Waals surface area contributed by atoms with E-state index in [1.54, 1.807) is 0 Å². The summed E-state index contributed by atoms with van der Waals surface area (Å²) in [6.07, 6.45) is 0.936. The van der Waals surface area contributed by atoms with E-state index in [0.29, 0.717) is 19.6 Å². The number of likely N-dealkylation sites (N-methyl/N-ethyl adjacent to an activating group) is 1. The van der Waals surface area contributed by atoms with E-state index < -0.39 is 0 Å². The third-order valence-corrected chi connectivity index (χ3v) is 5.58. The first kappa shape index (κ1) is 22.4. The van der Waals surface area contributed by atoms with Crippen LogP contribution in [0, 0.1) is 0 Å². The van der Waals surface area contributed by atoms with Crippen molar-refractivity contribution >= 4 is 11.8 Å². The van der Waals surface area contributed by atoms with Crippen molar-refractivity contribution in [2.45, 2.75) is 46.2 Å². The minimum atomic E-state index is -0.253. The Kier molecular flexibility index (Phi) is 8.93. The van der Waals surface area contributed by atoms with Crippen molar-refractivity contribution in [3.05, 3.63) is 35.9 Å². The quantitative estimate of drug-likeness (QED) is 0.704. The SMILES string of the molecule is CCC(C)NC(=O)CN1CCN(C(C(=O)N(CC)CC)c2ccccc2)CC1. The zero-order valence-corrected chi connectivity index (χ0v) is 17.9. The molecule has 0 aromatic heterocycles. The number of carbonyl (C=O) groups excluding carboxylic acids is 2. The van der Waals surface area contributed by atoms with Gasteiger partial charge in [0.05, 0.1) is 6.54 Å². The van der Waals surface area contributed by atoms with E-state index in [1.165, 1.54) is 0 Å². The van der Waals surface area contributed by atoms with Gasteiger partial charge < -0.3 is 10.2 Å². The highest BCUT2D eigenvalue weighted by Gasteiger charge is 2.32. The van der Waals surface area contributed by atoms with Gasteiger partial charge in [0.15, 0.2) is 0 Å². The lowest BCUT2D eigenvalue weighted by atomic mass is 10.0. The number of hydrogen-bond donors (Lipinski definition) is 1. The van der Waals surface area contributed by atoms with Crippen LogP contribution in [0.4, 0.5) is 0 Å². The van der Waals surface area contributed by atoms with Crippen molar-refractivity contribution < 1.29 is 9.59 Å². The Balaban J connectivity index is 2.02. The first-order chi connectivity index (χ1) is 13.5. The Hall–Kier alpha value is -1.92. The van der Waals surface area contributed by atoms with Crippen molar-refractivity contribution in [2.24, 2.45) is 0 Å².